The topological polar surface area (TPSA) is 69.0 Å². The lowest BCUT2D eigenvalue weighted by molar-refractivity contribution is -0.130. The maximum Gasteiger partial charge on any atom is 0.255 e. The lowest BCUT2D eigenvalue weighted by Crippen LogP contribution is -2.27. The van der Waals surface area contributed by atoms with Crippen molar-refractivity contribution in [1.29, 1.82) is 0 Å². The fourth-order valence-corrected chi connectivity index (χ4v) is 3.07. The SMILES string of the molecule is Cc1[nH]c(=S)[nH]c(=O)c1CCC(=O)N(C)Cc1ccc(C(C)(C)C)cc1. The molecule has 2 N–H and O–H groups in total. The van der Waals surface area contributed by atoms with Crippen molar-refractivity contribution >= 4 is 18.1 Å². The van der Waals surface area contributed by atoms with E-state index < -0.39 is 0 Å². The van der Waals surface area contributed by atoms with Gasteiger partial charge in [0.15, 0.2) is 4.77 Å². The minimum atomic E-state index is -0.223. The van der Waals surface area contributed by atoms with Gasteiger partial charge in [-0.2, -0.15) is 0 Å². The number of aromatic nitrogens is 2. The van der Waals surface area contributed by atoms with E-state index in [1.807, 2.05) is 0 Å². The van der Waals surface area contributed by atoms with Crippen LogP contribution in [0.1, 0.15) is 49.6 Å². The van der Waals surface area contributed by atoms with Gasteiger partial charge in [0, 0.05) is 31.3 Å². The third kappa shape index (κ3) is 5.14. The monoisotopic (exact) mass is 373 g/mol. The van der Waals surface area contributed by atoms with Crippen molar-refractivity contribution in [3.63, 3.8) is 0 Å². The number of carbonyl (C=O) groups is 1. The van der Waals surface area contributed by atoms with E-state index in [2.05, 4.69) is 55.0 Å². The van der Waals surface area contributed by atoms with Crippen molar-refractivity contribution in [3.05, 3.63) is 61.8 Å². The number of hydrogen-bond donors (Lipinski definition) is 2. The first kappa shape index (κ1) is 20.1. The number of nitrogens with zero attached hydrogens (tertiary/aromatic N) is 1. The van der Waals surface area contributed by atoms with E-state index in [1.54, 1.807) is 18.9 Å². The van der Waals surface area contributed by atoms with Crippen molar-refractivity contribution < 1.29 is 4.79 Å². The molecule has 0 fully saturated rings. The van der Waals surface area contributed by atoms with Gasteiger partial charge in [-0.1, -0.05) is 45.0 Å². The molecule has 6 heteroatoms. The summed E-state index contributed by atoms with van der Waals surface area (Å²) in [4.78, 5) is 31.6. The molecule has 5 nitrogen and oxygen atoms in total. The third-order valence-corrected chi connectivity index (χ3v) is 4.71. The summed E-state index contributed by atoms with van der Waals surface area (Å²) in [7, 11) is 1.79. The van der Waals surface area contributed by atoms with E-state index in [1.165, 1.54) is 5.56 Å². The zero-order valence-electron chi connectivity index (χ0n) is 16.1. The smallest absolute Gasteiger partial charge is 0.255 e. The third-order valence-electron chi connectivity index (χ3n) is 4.51. The second-order valence-corrected chi connectivity index (χ2v) is 8.12. The average molecular weight is 374 g/mol. The number of hydrogen-bond acceptors (Lipinski definition) is 3. The molecule has 0 atom stereocenters. The van der Waals surface area contributed by atoms with Crippen LogP contribution in [0.25, 0.3) is 0 Å². The summed E-state index contributed by atoms with van der Waals surface area (Å²) in [6, 6.07) is 8.36. The Balaban J connectivity index is 1.98. The van der Waals surface area contributed by atoms with Crippen molar-refractivity contribution in [2.75, 3.05) is 7.05 Å². The summed E-state index contributed by atoms with van der Waals surface area (Å²) in [5, 5.41) is 0. The highest BCUT2D eigenvalue weighted by molar-refractivity contribution is 7.71. The van der Waals surface area contributed by atoms with Crippen LogP contribution in [-0.2, 0) is 23.2 Å². The zero-order valence-corrected chi connectivity index (χ0v) is 16.9. The molecule has 0 aliphatic rings. The van der Waals surface area contributed by atoms with Gasteiger partial charge in [0.05, 0.1) is 0 Å². The van der Waals surface area contributed by atoms with Gasteiger partial charge in [-0.15, -0.1) is 0 Å². The molecule has 1 aromatic carbocycles. The van der Waals surface area contributed by atoms with E-state index in [9.17, 15) is 9.59 Å². The van der Waals surface area contributed by atoms with Crippen LogP contribution >= 0.6 is 12.2 Å². The molecule has 26 heavy (non-hydrogen) atoms. The van der Waals surface area contributed by atoms with E-state index in [0.717, 1.165) is 5.56 Å². The highest BCUT2D eigenvalue weighted by Gasteiger charge is 2.15. The first-order chi connectivity index (χ1) is 12.1. The molecule has 0 spiro atoms. The van der Waals surface area contributed by atoms with Crippen molar-refractivity contribution in [2.45, 2.75) is 52.5 Å². The van der Waals surface area contributed by atoms with E-state index in [-0.39, 0.29) is 23.3 Å². The van der Waals surface area contributed by atoms with E-state index >= 15 is 0 Å². The predicted molar refractivity (Wildman–Crippen MR) is 107 cm³/mol. The maximum atomic E-state index is 12.4. The molecule has 0 unspecified atom stereocenters. The lowest BCUT2D eigenvalue weighted by Gasteiger charge is -2.21. The molecule has 0 bridgehead atoms. The van der Waals surface area contributed by atoms with Crippen LogP contribution in [0, 0.1) is 11.7 Å². The summed E-state index contributed by atoms with van der Waals surface area (Å²) < 4.78 is 0.304. The molecule has 1 amide bonds. The second-order valence-electron chi connectivity index (χ2n) is 7.71. The molecular formula is C20H27N3O2S. The minimum Gasteiger partial charge on any atom is -0.341 e. The number of amides is 1. The highest BCUT2D eigenvalue weighted by atomic mass is 32.1. The van der Waals surface area contributed by atoms with Gasteiger partial charge in [-0.25, -0.2) is 0 Å². The maximum absolute atomic E-state index is 12.4. The summed E-state index contributed by atoms with van der Waals surface area (Å²) in [6.45, 7) is 8.88. The van der Waals surface area contributed by atoms with Gasteiger partial charge in [-0.05, 0) is 42.1 Å². The quantitative estimate of drug-likeness (QED) is 0.787. The normalized spacial score (nSPS) is 11.4. The Kier molecular flexibility index (Phi) is 6.18. The second kappa shape index (κ2) is 7.99. The number of H-pyrrole nitrogens is 2. The zero-order chi connectivity index (χ0) is 19.5. The fraction of sp³-hybridized carbons (Fsp3) is 0.450. The molecular weight excluding hydrogens is 346 g/mol. The number of rotatable bonds is 5. The van der Waals surface area contributed by atoms with Crippen LogP contribution in [0.5, 0.6) is 0 Å². The van der Waals surface area contributed by atoms with Crippen LogP contribution in [0.3, 0.4) is 0 Å². The Morgan fingerprint density at radius 1 is 1.15 bits per heavy atom. The van der Waals surface area contributed by atoms with Crippen molar-refractivity contribution in [1.82, 2.24) is 14.9 Å². The van der Waals surface area contributed by atoms with Crippen LogP contribution in [0.15, 0.2) is 29.1 Å². The number of aromatic amines is 2. The van der Waals surface area contributed by atoms with Crippen molar-refractivity contribution in [2.24, 2.45) is 0 Å². The average Bonchev–Trinajstić information content (AvgIpc) is 2.53. The molecule has 0 radical (unpaired) electrons. The summed E-state index contributed by atoms with van der Waals surface area (Å²) >= 11 is 4.94. The highest BCUT2D eigenvalue weighted by Crippen LogP contribution is 2.22. The van der Waals surface area contributed by atoms with Gasteiger partial charge in [0.1, 0.15) is 0 Å². The number of nitrogens with one attached hydrogen (secondary N) is 2. The molecule has 2 rings (SSSR count). The van der Waals surface area contributed by atoms with Crippen LogP contribution in [0.2, 0.25) is 0 Å². The van der Waals surface area contributed by atoms with Crippen molar-refractivity contribution in [3.8, 4) is 0 Å². The minimum absolute atomic E-state index is 0.00569. The van der Waals surface area contributed by atoms with Crippen LogP contribution in [0.4, 0.5) is 0 Å². The van der Waals surface area contributed by atoms with E-state index in [4.69, 9.17) is 12.2 Å². The molecule has 1 aromatic heterocycles. The number of benzene rings is 1. The van der Waals surface area contributed by atoms with E-state index in [0.29, 0.717) is 29.0 Å². The van der Waals surface area contributed by atoms with Crippen LogP contribution in [-0.4, -0.2) is 27.8 Å². The van der Waals surface area contributed by atoms with Gasteiger partial charge in [0.2, 0.25) is 5.91 Å². The molecule has 0 aliphatic heterocycles. The Labute approximate surface area is 159 Å². The Hall–Kier alpha value is -2.21. The molecule has 140 valence electrons. The first-order valence-electron chi connectivity index (χ1n) is 8.73. The molecule has 1 heterocycles. The van der Waals surface area contributed by atoms with Crippen LogP contribution < -0.4 is 5.56 Å². The Morgan fingerprint density at radius 3 is 2.31 bits per heavy atom. The number of aryl methyl sites for hydroxylation is 1. The molecule has 0 saturated heterocycles. The predicted octanol–water partition coefficient (Wildman–Crippen LogP) is 3.63. The fourth-order valence-electron chi connectivity index (χ4n) is 2.82. The first-order valence-corrected chi connectivity index (χ1v) is 9.14. The largest absolute Gasteiger partial charge is 0.341 e. The molecule has 0 saturated carbocycles. The summed E-state index contributed by atoms with van der Waals surface area (Å²) in [5.74, 6) is 0.00569. The Morgan fingerprint density at radius 2 is 1.77 bits per heavy atom. The lowest BCUT2D eigenvalue weighted by atomic mass is 9.87. The molecule has 2 aromatic rings. The summed E-state index contributed by atoms with van der Waals surface area (Å²) in [5.41, 5.74) is 3.54. The Bertz CT molecular complexity index is 889. The van der Waals surface area contributed by atoms with Gasteiger partial charge in [0.25, 0.3) is 5.56 Å². The van der Waals surface area contributed by atoms with Gasteiger partial charge >= 0.3 is 0 Å². The molecule has 0 aliphatic carbocycles. The summed E-state index contributed by atoms with van der Waals surface area (Å²) in [6.07, 6.45) is 0.671. The number of carbonyl (C=O) groups excluding carboxylic acids is 1. The van der Waals surface area contributed by atoms with Gasteiger partial charge < -0.3 is 9.88 Å². The van der Waals surface area contributed by atoms with Gasteiger partial charge in [-0.3, -0.25) is 14.6 Å². The standard InChI is InChI=1S/C20H27N3O2S/c1-13-16(18(25)22-19(26)21-13)10-11-17(24)23(5)12-14-6-8-15(9-7-14)20(2,3)4/h6-9H,10-12H2,1-5H3,(H2,21,22,25,26).